The molecule has 1 saturated heterocycles. The number of hydrogen-bond donors (Lipinski definition) is 4. The minimum Gasteiger partial charge on any atom is -0.354 e. The molecule has 0 radical (unpaired) electrons. The monoisotopic (exact) mass is 372 g/mol. The van der Waals surface area contributed by atoms with Crippen molar-refractivity contribution in [3.63, 3.8) is 0 Å². The van der Waals surface area contributed by atoms with E-state index in [-0.39, 0.29) is 11.8 Å². The van der Waals surface area contributed by atoms with Gasteiger partial charge in [0, 0.05) is 13.0 Å². The number of nitrogens with one attached hydrogen (secondary N) is 3. The van der Waals surface area contributed by atoms with E-state index in [2.05, 4.69) is 16.0 Å². The first-order chi connectivity index (χ1) is 13.1. The molecule has 2 fully saturated rings. The number of hydrogen-bond acceptors (Lipinski definition) is 4. The molecule has 1 aliphatic carbocycles. The number of rotatable bonds is 7. The van der Waals surface area contributed by atoms with Gasteiger partial charge in [-0.3, -0.25) is 9.59 Å². The molecular formula is C21H32N4O2. The first-order valence-corrected chi connectivity index (χ1v) is 10.2. The van der Waals surface area contributed by atoms with Crippen LogP contribution in [-0.4, -0.2) is 43.0 Å². The third kappa shape index (κ3) is 5.53. The van der Waals surface area contributed by atoms with Crippen LogP contribution in [0.4, 0.5) is 0 Å². The summed E-state index contributed by atoms with van der Waals surface area (Å²) < 4.78 is 0. The first-order valence-electron chi connectivity index (χ1n) is 10.2. The lowest BCUT2D eigenvalue weighted by Gasteiger charge is -2.28. The molecule has 5 N–H and O–H groups in total. The summed E-state index contributed by atoms with van der Waals surface area (Å²) in [5.41, 5.74) is 6.48. The molecule has 0 unspecified atom stereocenters. The van der Waals surface area contributed by atoms with E-state index >= 15 is 0 Å². The van der Waals surface area contributed by atoms with E-state index in [4.69, 9.17) is 5.73 Å². The van der Waals surface area contributed by atoms with Gasteiger partial charge in [0.1, 0.15) is 6.04 Å². The van der Waals surface area contributed by atoms with E-state index < -0.39 is 11.6 Å². The number of nitrogens with two attached hydrogens (primary N) is 1. The van der Waals surface area contributed by atoms with Crippen molar-refractivity contribution in [3.05, 3.63) is 35.9 Å². The van der Waals surface area contributed by atoms with Crippen molar-refractivity contribution in [3.8, 4) is 0 Å². The van der Waals surface area contributed by atoms with Crippen LogP contribution in [0.1, 0.15) is 44.1 Å². The highest BCUT2D eigenvalue weighted by Gasteiger charge is 2.38. The van der Waals surface area contributed by atoms with Crippen LogP contribution in [0.3, 0.4) is 0 Å². The molecule has 1 aromatic rings. The highest BCUT2D eigenvalue weighted by atomic mass is 16.2. The van der Waals surface area contributed by atoms with Gasteiger partial charge in [-0.25, -0.2) is 0 Å². The molecule has 1 aliphatic heterocycles. The Labute approximate surface area is 161 Å². The summed E-state index contributed by atoms with van der Waals surface area (Å²) in [6.07, 6.45) is 5.93. The van der Waals surface area contributed by atoms with E-state index in [1.54, 1.807) is 0 Å². The third-order valence-corrected chi connectivity index (χ3v) is 5.88. The number of amides is 2. The number of piperidine rings is 1. The molecule has 1 aromatic carbocycles. The second-order valence-electron chi connectivity index (χ2n) is 8.02. The summed E-state index contributed by atoms with van der Waals surface area (Å²) in [6, 6.07) is 9.20. The molecule has 148 valence electrons. The standard InChI is InChI=1S/C21H32N4O2/c22-21(10-4-5-11-21)20(27)25-18(14-16-6-2-1-3-7-16)19(26)24-15-17-8-12-23-13-9-17/h1-3,6-7,17-18,23H,4-5,8-15,22H2,(H,24,26)(H,25,27)/t18-/m1/s1. The van der Waals surface area contributed by atoms with Gasteiger partial charge in [0.15, 0.2) is 0 Å². The number of carbonyl (C=O) groups is 2. The van der Waals surface area contributed by atoms with Crippen LogP contribution in [-0.2, 0) is 16.0 Å². The third-order valence-electron chi connectivity index (χ3n) is 5.88. The zero-order valence-corrected chi connectivity index (χ0v) is 16.0. The maximum absolute atomic E-state index is 12.9. The lowest BCUT2D eigenvalue weighted by Crippen LogP contribution is -2.58. The summed E-state index contributed by atoms with van der Waals surface area (Å²) >= 11 is 0. The maximum Gasteiger partial charge on any atom is 0.242 e. The van der Waals surface area contributed by atoms with Gasteiger partial charge >= 0.3 is 0 Å². The minimum atomic E-state index is -0.829. The predicted molar refractivity (Wildman–Crippen MR) is 106 cm³/mol. The molecule has 0 bridgehead atoms. The maximum atomic E-state index is 12.9. The van der Waals surface area contributed by atoms with Crippen LogP contribution in [0.5, 0.6) is 0 Å². The molecule has 0 aromatic heterocycles. The summed E-state index contributed by atoms with van der Waals surface area (Å²) in [5, 5.41) is 9.34. The quantitative estimate of drug-likeness (QED) is 0.576. The molecule has 1 heterocycles. The van der Waals surface area contributed by atoms with Gasteiger partial charge in [0.05, 0.1) is 5.54 Å². The van der Waals surface area contributed by atoms with Gasteiger partial charge in [-0.05, 0) is 50.3 Å². The Morgan fingerprint density at radius 3 is 2.48 bits per heavy atom. The smallest absolute Gasteiger partial charge is 0.242 e. The fourth-order valence-electron chi connectivity index (χ4n) is 4.05. The molecule has 27 heavy (non-hydrogen) atoms. The van der Waals surface area contributed by atoms with E-state index in [1.165, 1.54) is 0 Å². The topological polar surface area (TPSA) is 96.2 Å². The van der Waals surface area contributed by atoms with Gasteiger partial charge in [-0.15, -0.1) is 0 Å². The van der Waals surface area contributed by atoms with E-state index in [0.29, 0.717) is 31.7 Å². The highest BCUT2D eigenvalue weighted by molar-refractivity contribution is 5.92. The first kappa shape index (κ1) is 19.8. The summed E-state index contributed by atoms with van der Waals surface area (Å²) in [4.78, 5) is 25.6. The van der Waals surface area contributed by atoms with Crippen molar-refractivity contribution in [2.24, 2.45) is 11.7 Å². The number of benzene rings is 1. The minimum absolute atomic E-state index is 0.118. The van der Waals surface area contributed by atoms with Crippen LogP contribution in [0.25, 0.3) is 0 Å². The molecule has 1 saturated carbocycles. The van der Waals surface area contributed by atoms with Gasteiger partial charge in [0.25, 0.3) is 0 Å². The lowest BCUT2D eigenvalue weighted by atomic mass is 9.96. The van der Waals surface area contributed by atoms with E-state index in [1.807, 2.05) is 30.3 Å². The molecule has 2 aliphatic rings. The Balaban J connectivity index is 1.62. The second kappa shape index (κ2) is 9.33. The summed E-state index contributed by atoms with van der Waals surface area (Å²) in [5.74, 6) is 0.184. The van der Waals surface area contributed by atoms with E-state index in [9.17, 15) is 9.59 Å². The van der Waals surface area contributed by atoms with Crippen molar-refractivity contribution in [2.75, 3.05) is 19.6 Å². The molecule has 6 nitrogen and oxygen atoms in total. The fourth-order valence-corrected chi connectivity index (χ4v) is 4.05. The predicted octanol–water partition coefficient (Wildman–Crippen LogP) is 1.10. The average molecular weight is 373 g/mol. The van der Waals surface area contributed by atoms with Crippen LogP contribution in [0.15, 0.2) is 30.3 Å². The Morgan fingerprint density at radius 1 is 1.15 bits per heavy atom. The SMILES string of the molecule is NC1(C(=O)N[C@H](Cc2ccccc2)C(=O)NCC2CCNCC2)CCCC1. The molecule has 3 rings (SSSR count). The zero-order chi connectivity index (χ0) is 19.1. The van der Waals surface area contributed by atoms with Gasteiger partial charge in [-0.2, -0.15) is 0 Å². The largest absolute Gasteiger partial charge is 0.354 e. The molecule has 6 heteroatoms. The van der Waals surface area contributed by atoms with E-state index in [0.717, 1.165) is 44.3 Å². The Kier molecular flexibility index (Phi) is 6.85. The molecule has 1 atom stereocenters. The second-order valence-corrected chi connectivity index (χ2v) is 8.02. The van der Waals surface area contributed by atoms with Crippen LogP contribution in [0.2, 0.25) is 0 Å². The fraction of sp³-hybridized carbons (Fsp3) is 0.619. The summed E-state index contributed by atoms with van der Waals surface area (Å²) in [6.45, 7) is 2.66. The van der Waals surface area contributed by atoms with Gasteiger partial charge in [0.2, 0.25) is 11.8 Å². The molecule has 2 amide bonds. The van der Waals surface area contributed by atoms with Crippen LogP contribution < -0.4 is 21.7 Å². The van der Waals surface area contributed by atoms with Crippen LogP contribution in [0, 0.1) is 5.92 Å². The van der Waals surface area contributed by atoms with Crippen molar-refractivity contribution in [1.82, 2.24) is 16.0 Å². The Hall–Kier alpha value is -1.92. The highest BCUT2D eigenvalue weighted by Crippen LogP contribution is 2.27. The Bertz CT molecular complexity index is 622. The van der Waals surface area contributed by atoms with Crippen molar-refractivity contribution in [2.45, 2.75) is 56.5 Å². The van der Waals surface area contributed by atoms with Crippen molar-refractivity contribution in [1.29, 1.82) is 0 Å². The number of carbonyl (C=O) groups excluding carboxylic acids is 2. The molecular weight excluding hydrogens is 340 g/mol. The lowest BCUT2D eigenvalue weighted by molar-refractivity contribution is -0.132. The van der Waals surface area contributed by atoms with Crippen LogP contribution >= 0.6 is 0 Å². The Morgan fingerprint density at radius 2 is 1.81 bits per heavy atom. The molecule has 0 spiro atoms. The normalized spacial score (nSPS) is 20.8. The van der Waals surface area contributed by atoms with Crippen molar-refractivity contribution >= 4 is 11.8 Å². The average Bonchev–Trinajstić information content (AvgIpc) is 3.15. The van der Waals surface area contributed by atoms with Crippen molar-refractivity contribution < 1.29 is 9.59 Å². The van der Waals surface area contributed by atoms with Gasteiger partial charge < -0.3 is 21.7 Å². The summed E-state index contributed by atoms with van der Waals surface area (Å²) in [7, 11) is 0. The zero-order valence-electron chi connectivity index (χ0n) is 16.0. The van der Waals surface area contributed by atoms with Gasteiger partial charge in [-0.1, -0.05) is 43.2 Å².